The number of carbonyl (C=O) groups excluding carboxylic acids is 2. The Labute approximate surface area is 134 Å². The minimum atomic E-state index is -0.633. The number of carbonyl (C=O) groups is 2. The molecular weight excluding hydrogens is 302 g/mol. The van der Waals surface area contributed by atoms with Gasteiger partial charge in [0, 0.05) is 26.2 Å². The molecule has 1 fully saturated rings. The van der Waals surface area contributed by atoms with Gasteiger partial charge in [-0.25, -0.2) is 0 Å². The molecule has 1 aliphatic rings. The number of thiophene rings is 1. The Bertz CT molecular complexity index is 498. The van der Waals surface area contributed by atoms with Crippen molar-refractivity contribution in [1.82, 2.24) is 15.5 Å². The van der Waals surface area contributed by atoms with Gasteiger partial charge in [0.15, 0.2) is 0 Å². The molecule has 2 N–H and O–H groups in total. The van der Waals surface area contributed by atoms with E-state index in [0.29, 0.717) is 19.8 Å². The van der Waals surface area contributed by atoms with Gasteiger partial charge in [0.05, 0.1) is 19.3 Å². The third kappa shape index (κ3) is 4.66. The fourth-order valence-electron chi connectivity index (χ4n) is 2.33. The van der Waals surface area contributed by atoms with E-state index in [1.165, 1.54) is 6.08 Å². The molecule has 1 aliphatic heterocycles. The highest BCUT2D eigenvalue weighted by Gasteiger charge is 2.24. The Morgan fingerprint density at radius 1 is 1.36 bits per heavy atom. The van der Waals surface area contributed by atoms with Crippen molar-refractivity contribution in [2.45, 2.75) is 6.04 Å². The minimum absolute atomic E-state index is 0.0614. The molecule has 22 heavy (non-hydrogen) atoms. The quantitative estimate of drug-likeness (QED) is 0.592. The van der Waals surface area contributed by atoms with Gasteiger partial charge in [-0.3, -0.25) is 14.5 Å². The summed E-state index contributed by atoms with van der Waals surface area (Å²) in [6.07, 6.45) is 1.53. The summed E-state index contributed by atoms with van der Waals surface area (Å²) in [4.78, 5) is 25.7. The van der Waals surface area contributed by atoms with E-state index in [4.69, 9.17) is 4.74 Å². The van der Waals surface area contributed by atoms with E-state index in [-0.39, 0.29) is 12.6 Å². The van der Waals surface area contributed by atoms with Gasteiger partial charge in [0.1, 0.15) is 0 Å². The first-order chi connectivity index (χ1) is 10.7. The molecule has 1 aromatic rings. The van der Waals surface area contributed by atoms with Crippen LogP contribution in [0.5, 0.6) is 0 Å². The molecule has 0 spiro atoms. The Hall–Kier alpha value is -1.70. The Balaban J connectivity index is 1.93. The topological polar surface area (TPSA) is 70.7 Å². The molecule has 0 radical (unpaired) electrons. The third-order valence-electron chi connectivity index (χ3n) is 3.48. The van der Waals surface area contributed by atoms with E-state index in [1.807, 2.05) is 5.38 Å². The lowest BCUT2D eigenvalue weighted by Crippen LogP contribution is -2.46. The normalized spacial score (nSPS) is 16.7. The van der Waals surface area contributed by atoms with Crippen LogP contribution < -0.4 is 10.6 Å². The van der Waals surface area contributed by atoms with Crippen molar-refractivity contribution in [1.29, 1.82) is 0 Å². The maximum atomic E-state index is 11.8. The van der Waals surface area contributed by atoms with Crippen LogP contribution >= 0.6 is 11.3 Å². The molecule has 0 aromatic carbocycles. The van der Waals surface area contributed by atoms with Gasteiger partial charge < -0.3 is 15.4 Å². The van der Waals surface area contributed by atoms with Gasteiger partial charge in [-0.1, -0.05) is 6.08 Å². The van der Waals surface area contributed by atoms with Crippen molar-refractivity contribution < 1.29 is 14.3 Å². The average molecular weight is 323 g/mol. The fourth-order valence-corrected chi connectivity index (χ4v) is 3.03. The Kier molecular flexibility index (Phi) is 6.57. The van der Waals surface area contributed by atoms with Crippen LogP contribution in [0.2, 0.25) is 0 Å². The van der Waals surface area contributed by atoms with Crippen LogP contribution in [0.3, 0.4) is 0 Å². The highest BCUT2D eigenvalue weighted by Crippen LogP contribution is 2.23. The van der Waals surface area contributed by atoms with E-state index < -0.39 is 11.8 Å². The molecule has 1 atom stereocenters. The second-order valence-corrected chi connectivity index (χ2v) is 5.71. The van der Waals surface area contributed by atoms with Crippen molar-refractivity contribution in [3.63, 3.8) is 0 Å². The highest BCUT2D eigenvalue weighted by atomic mass is 32.1. The smallest absolute Gasteiger partial charge is 0.309 e. The summed E-state index contributed by atoms with van der Waals surface area (Å²) in [6, 6.07) is 2.11. The number of hydrogen-bond donors (Lipinski definition) is 2. The second-order valence-electron chi connectivity index (χ2n) is 4.93. The summed E-state index contributed by atoms with van der Waals surface area (Å²) in [5.74, 6) is -1.25. The SMILES string of the molecule is C=CCNC(=O)C(=O)NC[C@@H](c1ccsc1)N1CCOCC1. The molecule has 2 rings (SSSR count). The van der Waals surface area contributed by atoms with Crippen LogP contribution in [0.25, 0.3) is 0 Å². The fraction of sp³-hybridized carbons (Fsp3) is 0.467. The number of rotatable bonds is 6. The van der Waals surface area contributed by atoms with Crippen molar-refractivity contribution >= 4 is 23.2 Å². The maximum absolute atomic E-state index is 11.8. The Morgan fingerprint density at radius 3 is 2.73 bits per heavy atom. The first kappa shape index (κ1) is 16.7. The molecule has 2 amide bonds. The van der Waals surface area contributed by atoms with E-state index in [0.717, 1.165) is 18.7 Å². The number of ether oxygens (including phenoxy) is 1. The molecule has 7 heteroatoms. The summed E-state index contributed by atoms with van der Waals surface area (Å²) in [5.41, 5.74) is 1.15. The molecule has 2 heterocycles. The number of hydrogen-bond acceptors (Lipinski definition) is 5. The monoisotopic (exact) mass is 323 g/mol. The van der Waals surface area contributed by atoms with Crippen LogP contribution in [0.4, 0.5) is 0 Å². The number of amides is 2. The summed E-state index contributed by atoms with van der Waals surface area (Å²) in [5, 5.41) is 9.27. The van der Waals surface area contributed by atoms with E-state index >= 15 is 0 Å². The first-order valence-electron chi connectivity index (χ1n) is 7.23. The van der Waals surface area contributed by atoms with Crippen molar-refractivity contribution in [2.24, 2.45) is 0 Å². The maximum Gasteiger partial charge on any atom is 0.309 e. The summed E-state index contributed by atoms with van der Waals surface area (Å²) >= 11 is 1.62. The third-order valence-corrected chi connectivity index (χ3v) is 4.19. The lowest BCUT2D eigenvalue weighted by molar-refractivity contribution is -0.139. The average Bonchev–Trinajstić information content (AvgIpc) is 3.08. The van der Waals surface area contributed by atoms with Crippen molar-refractivity contribution in [2.75, 3.05) is 39.4 Å². The van der Waals surface area contributed by atoms with Crippen LogP contribution in [0.1, 0.15) is 11.6 Å². The largest absolute Gasteiger partial charge is 0.379 e. The molecule has 6 nitrogen and oxygen atoms in total. The molecule has 0 aliphatic carbocycles. The number of nitrogens with zero attached hydrogens (tertiary/aromatic N) is 1. The van der Waals surface area contributed by atoms with E-state index in [1.54, 1.807) is 11.3 Å². The molecule has 0 saturated carbocycles. The van der Waals surface area contributed by atoms with Gasteiger partial charge in [-0.05, 0) is 22.4 Å². The zero-order chi connectivity index (χ0) is 15.8. The van der Waals surface area contributed by atoms with Crippen LogP contribution in [0, 0.1) is 0 Å². The summed E-state index contributed by atoms with van der Waals surface area (Å²) in [7, 11) is 0. The highest BCUT2D eigenvalue weighted by molar-refractivity contribution is 7.07. The summed E-state index contributed by atoms with van der Waals surface area (Å²) in [6.45, 7) is 7.19. The predicted molar refractivity (Wildman–Crippen MR) is 85.7 cm³/mol. The Morgan fingerprint density at radius 2 is 2.09 bits per heavy atom. The number of morpholine rings is 1. The molecule has 1 saturated heterocycles. The van der Waals surface area contributed by atoms with Crippen LogP contribution in [-0.2, 0) is 14.3 Å². The minimum Gasteiger partial charge on any atom is -0.379 e. The van der Waals surface area contributed by atoms with E-state index in [9.17, 15) is 9.59 Å². The zero-order valence-electron chi connectivity index (χ0n) is 12.4. The molecule has 0 unspecified atom stereocenters. The predicted octanol–water partition coefficient (Wildman–Crippen LogP) is 0.540. The lowest BCUT2D eigenvalue weighted by atomic mass is 10.1. The van der Waals surface area contributed by atoms with Gasteiger partial charge >= 0.3 is 11.8 Å². The first-order valence-corrected chi connectivity index (χ1v) is 8.17. The second kappa shape index (κ2) is 8.67. The zero-order valence-corrected chi connectivity index (χ0v) is 13.2. The molecular formula is C15H21N3O3S. The van der Waals surface area contributed by atoms with Crippen LogP contribution in [0.15, 0.2) is 29.5 Å². The van der Waals surface area contributed by atoms with Gasteiger partial charge in [0.2, 0.25) is 0 Å². The van der Waals surface area contributed by atoms with Gasteiger partial charge in [-0.2, -0.15) is 11.3 Å². The van der Waals surface area contributed by atoms with Crippen molar-refractivity contribution in [3.8, 4) is 0 Å². The van der Waals surface area contributed by atoms with E-state index in [2.05, 4.69) is 33.6 Å². The summed E-state index contributed by atoms with van der Waals surface area (Å²) < 4.78 is 5.38. The van der Waals surface area contributed by atoms with Gasteiger partial charge in [-0.15, -0.1) is 6.58 Å². The van der Waals surface area contributed by atoms with Crippen molar-refractivity contribution in [3.05, 3.63) is 35.0 Å². The molecule has 1 aromatic heterocycles. The van der Waals surface area contributed by atoms with Gasteiger partial charge in [0.25, 0.3) is 0 Å². The van der Waals surface area contributed by atoms with Crippen LogP contribution in [-0.4, -0.2) is 56.1 Å². The lowest BCUT2D eigenvalue weighted by Gasteiger charge is -2.34. The standard InChI is InChI=1S/C15H21N3O3S/c1-2-4-16-14(19)15(20)17-10-13(12-3-9-22-11-12)18-5-7-21-8-6-18/h2-3,9,11,13H,1,4-8,10H2,(H,16,19)(H,17,20)/t13-/m0/s1. The molecule has 0 bridgehead atoms. The number of nitrogens with one attached hydrogen (secondary N) is 2. The molecule has 120 valence electrons.